The van der Waals surface area contributed by atoms with Crippen molar-refractivity contribution in [2.45, 2.75) is 6.17 Å². The van der Waals surface area contributed by atoms with Crippen LogP contribution < -0.4 is 15.0 Å². The number of para-hydroxylation sites is 2. The molecule has 1 saturated heterocycles. The summed E-state index contributed by atoms with van der Waals surface area (Å²) in [6, 6.07) is 16.5. The molecule has 4 heterocycles. The molecule has 0 amide bonds. The minimum absolute atomic E-state index is 0.0894. The van der Waals surface area contributed by atoms with Gasteiger partial charge in [-0.3, -0.25) is 9.47 Å². The zero-order valence-corrected chi connectivity index (χ0v) is 18.5. The lowest BCUT2D eigenvalue weighted by atomic mass is 10.1. The van der Waals surface area contributed by atoms with Crippen molar-refractivity contribution in [2.24, 2.45) is 4.99 Å². The van der Waals surface area contributed by atoms with Crippen LogP contribution in [0.3, 0.4) is 0 Å². The van der Waals surface area contributed by atoms with Crippen LogP contribution in [0, 0.1) is 0 Å². The van der Waals surface area contributed by atoms with Gasteiger partial charge in [0.05, 0.1) is 24.8 Å². The van der Waals surface area contributed by atoms with E-state index in [4.69, 9.17) is 14.7 Å². The Hall–Kier alpha value is -3.14. The van der Waals surface area contributed by atoms with Gasteiger partial charge in [0.15, 0.2) is 0 Å². The highest BCUT2D eigenvalue weighted by atomic mass is 16.5. The lowest BCUT2D eigenvalue weighted by molar-refractivity contribution is -0.0528. The fraction of sp³-hybridized carbons (Fsp3) is 0.391. The third-order valence-corrected chi connectivity index (χ3v) is 6.60. The van der Waals surface area contributed by atoms with Gasteiger partial charge >= 0.3 is 0 Å². The molecule has 32 heavy (non-hydrogen) atoms. The molecule has 9 heteroatoms. The van der Waals surface area contributed by atoms with Crippen molar-refractivity contribution in [3.63, 3.8) is 0 Å². The Kier molecular flexibility index (Phi) is 4.74. The Morgan fingerprint density at radius 2 is 1.75 bits per heavy atom. The van der Waals surface area contributed by atoms with Crippen molar-refractivity contribution in [2.75, 3.05) is 58.6 Å². The first kappa shape index (κ1) is 19.5. The molecule has 0 saturated carbocycles. The van der Waals surface area contributed by atoms with Crippen molar-refractivity contribution in [1.29, 1.82) is 0 Å². The summed E-state index contributed by atoms with van der Waals surface area (Å²) in [5.74, 6) is 2.64. The molecule has 1 aromatic heterocycles. The van der Waals surface area contributed by atoms with Gasteiger partial charge in [0.25, 0.3) is 0 Å². The van der Waals surface area contributed by atoms with Crippen molar-refractivity contribution in [3.8, 4) is 5.75 Å². The van der Waals surface area contributed by atoms with Gasteiger partial charge in [-0.15, -0.1) is 0 Å². The molecular formula is C23H28N8O. The standard InChI is InChI=1S/C23H28N8O/c1-27-11-13-28(14-12-27)29-15-24-22-26-21(17-7-9-18(32-2)10-8-17)31-20-6-4-3-5-19(20)25-23(31)30(22)16-29/h3-10,21H,11-16H2,1-2H3,(H,24,26)/t21-/m0/s1. The molecule has 0 radical (unpaired) electrons. The fourth-order valence-corrected chi connectivity index (χ4v) is 4.73. The number of nitrogens with zero attached hydrogens (tertiary/aromatic N) is 7. The summed E-state index contributed by atoms with van der Waals surface area (Å²) >= 11 is 0. The number of aliphatic imine (C=N–C) groups is 1. The number of nitrogens with one attached hydrogen (secondary N) is 1. The molecule has 3 aromatic rings. The number of rotatable bonds is 3. The third kappa shape index (κ3) is 3.21. The molecule has 166 valence electrons. The van der Waals surface area contributed by atoms with Gasteiger partial charge in [0, 0.05) is 26.2 Å². The molecule has 1 fully saturated rings. The fourth-order valence-electron chi connectivity index (χ4n) is 4.73. The number of imidazole rings is 1. The number of methoxy groups -OCH3 is 1. The smallest absolute Gasteiger partial charge is 0.216 e. The largest absolute Gasteiger partial charge is 0.497 e. The lowest BCUT2D eigenvalue weighted by Gasteiger charge is -2.46. The molecule has 3 aliphatic heterocycles. The Morgan fingerprint density at radius 1 is 0.969 bits per heavy atom. The number of hydrogen-bond donors (Lipinski definition) is 1. The molecule has 0 aliphatic carbocycles. The Morgan fingerprint density at radius 3 is 2.53 bits per heavy atom. The molecule has 1 atom stereocenters. The predicted octanol–water partition coefficient (Wildman–Crippen LogP) is 1.75. The minimum atomic E-state index is -0.0894. The number of hydrazine groups is 1. The highest BCUT2D eigenvalue weighted by Gasteiger charge is 2.37. The van der Waals surface area contributed by atoms with Crippen molar-refractivity contribution in [3.05, 3.63) is 54.1 Å². The Bertz CT molecular complexity index is 1150. The Balaban J connectivity index is 1.39. The van der Waals surface area contributed by atoms with E-state index in [0.717, 1.165) is 67.1 Å². The maximum absolute atomic E-state index is 5.36. The van der Waals surface area contributed by atoms with Gasteiger partial charge in [-0.25, -0.2) is 20.0 Å². The second kappa shape index (κ2) is 7.77. The summed E-state index contributed by atoms with van der Waals surface area (Å²) in [6.45, 7) is 5.57. The van der Waals surface area contributed by atoms with Crippen molar-refractivity contribution >= 4 is 22.9 Å². The molecule has 9 nitrogen and oxygen atoms in total. The summed E-state index contributed by atoms with van der Waals surface area (Å²) in [4.78, 5) is 14.5. The van der Waals surface area contributed by atoms with E-state index in [0.29, 0.717) is 6.67 Å². The number of ether oxygens (including phenoxy) is 1. The molecule has 0 spiro atoms. The summed E-state index contributed by atoms with van der Waals surface area (Å²) < 4.78 is 7.64. The summed E-state index contributed by atoms with van der Waals surface area (Å²) in [6.07, 6.45) is -0.0894. The van der Waals surface area contributed by atoms with Crippen LogP contribution in [-0.4, -0.2) is 84.1 Å². The number of anilines is 1. The number of likely N-dealkylation sites (N-methyl/N-ethyl adjacent to an activating group) is 1. The zero-order valence-electron chi connectivity index (χ0n) is 18.5. The minimum Gasteiger partial charge on any atom is -0.497 e. The molecule has 0 bridgehead atoms. The third-order valence-electron chi connectivity index (χ3n) is 6.60. The highest BCUT2D eigenvalue weighted by Crippen LogP contribution is 2.34. The van der Waals surface area contributed by atoms with Crippen LogP contribution in [0.25, 0.3) is 11.0 Å². The van der Waals surface area contributed by atoms with E-state index in [1.54, 1.807) is 7.11 Å². The van der Waals surface area contributed by atoms with Gasteiger partial charge in [0.1, 0.15) is 18.6 Å². The first-order chi connectivity index (χ1) is 15.7. The van der Waals surface area contributed by atoms with E-state index in [1.165, 1.54) is 0 Å². The van der Waals surface area contributed by atoms with Crippen LogP contribution in [0.2, 0.25) is 0 Å². The average molecular weight is 433 g/mol. The quantitative estimate of drug-likeness (QED) is 0.677. The summed E-state index contributed by atoms with van der Waals surface area (Å²) in [7, 11) is 3.87. The van der Waals surface area contributed by atoms with Crippen LogP contribution in [0.1, 0.15) is 11.7 Å². The van der Waals surface area contributed by atoms with Crippen LogP contribution in [0.4, 0.5) is 5.95 Å². The van der Waals surface area contributed by atoms with Crippen molar-refractivity contribution in [1.82, 2.24) is 29.8 Å². The van der Waals surface area contributed by atoms with Gasteiger partial charge in [-0.05, 0) is 36.9 Å². The van der Waals surface area contributed by atoms with Gasteiger partial charge in [-0.1, -0.05) is 24.3 Å². The van der Waals surface area contributed by atoms with E-state index in [2.05, 4.69) is 67.1 Å². The second-order valence-electron chi connectivity index (χ2n) is 8.55. The SMILES string of the molecule is COc1ccc([C@H]2NC3=NCN(N4CCN(C)CC4)CN3c3nc4ccccc4n32)cc1. The molecule has 0 unspecified atom stereocenters. The van der Waals surface area contributed by atoms with E-state index >= 15 is 0 Å². The number of guanidine groups is 1. The normalized spacial score (nSPS) is 22.2. The lowest BCUT2D eigenvalue weighted by Crippen LogP contribution is -2.62. The van der Waals surface area contributed by atoms with E-state index in [-0.39, 0.29) is 6.17 Å². The van der Waals surface area contributed by atoms with E-state index in [1.807, 2.05) is 18.2 Å². The van der Waals surface area contributed by atoms with Crippen LogP contribution in [0.15, 0.2) is 53.5 Å². The van der Waals surface area contributed by atoms with Gasteiger partial charge < -0.3 is 15.0 Å². The Labute approximate surface area is 187 Å². The van der Waals surface area contributed by atoms with Crippen LogP contribution >= 0.6 is 0 Å². The second-order valence-corrected chi connectivity index (χ2v) is 8.55. The van der Waals surface area contributed by atoms with E-state index < -0.39 is 0 Å². The maximum Gasteiger partial charge on any atom is 0.216 e. The van der Waals surface area contributed by atoms with Crippen LogP contribution in [-0.2, 0) is 0 Å². The van der Waals surface area contributed by atoms with Gasteiger partial charge in [-0.2, -0.15) is 0 Å². The molecule has 3 aliphatic rings. The number of piperazine rings is 1. The summed E-state index contributed by atoms with van der Waals surface area (Å²) in [5.41, 5.74) is 3.23. The maximum atomic E-state index is 5.36. The van der Waals surface area contributed by atoms with Gasteiger partial charge in [0.2, 0.25) is 11.9 Å². The molecule has 2 aromatic carbocycles. The number of aromatic nitrogens is 2. The van der Waals surface area contributed by atoms with Crippen LogP contribution in [0.5, 0.6) is 5.75 Å². The molecular weight excluding hydrogens is 404 g/mol. The zero-order chi connectivity index (χ0) is 21.7. The monoisotopic (exact) mass is 432 g/mol. The predicted molar refractivity (Wildman–Crippen MR) is 125 cm³/mol. The molecule has 6 rings (SSSR count). The average Bonchev–Trinajstić information content (AvgIpc) is 3.24. The van der Waals surface area contributed by atoms with Crippen molar-refractivity contribution < 1.29 is 4.74 Å². The number of hydrogen-bond acceptors (Lipinski definition) is 8. The topological polar surface area (TPSA) is 64.4 Å². The number of benzene rings is 2. The molecule has 1 N–H and O–H groups in total. The summed E-state index contributed by atoms with van der Waals surface area (Å²) in [5, 5.41) is 8.43. The first-order valence-electron chi connectivity index (χ1n) is 11.1. The first-order valence-corrected chi connectivity index (χ1v) is 11.1. The number of fused-ring (bicyclic) bond motifs is 5. The van der Waals surface area contributed by atoms with E-state index in [9.17, 15) is 0 Å². The highest BCUT2D eigenvalue weighted by molar-refractivity contribution is 5.98.